The molecule has 0 radical (unpaired) electrons. The molecule has 0 bridgehead atoms. The summed E-state index contributed by atoms with van der Waals surface area (Å²) in [5.74, 6) is 2.09. The monoisotopic (exact) mass is 306 g/mol. The third-order valence-electron chi connectivity index (χ3n) is 2.58. The zero-order valence-corrected chi connectivity index (χ0v) is 13.1. The number of benzene rings is 1. The number of hydrogen-bond acceptors (Lipinski definition) is 4. The van der Waals surface area contributed by atoms with E-state index in [4.69, 9.17) is 6.42 Å². The van der Waals surface area contributed by atoms with Crippen molar-refractivity contribution in [1.82, 2.24) is 4.90 Å². The second kappa shape index (κ2) is 6.95. The van der Waals surface area contributed by atoms with E-state index in [1.54, 1.807) is 43.4 Å². The largest absolute Gasteiger partial charge is 0.383 e. The molecule has 5 nitrogen and oxygen atoms in total. The van der Waals surface area contributed by atoms with E-state index < -0.39 is 10.0 Å². The third kappa shape index (κ3) is 4.97. The zero-order chi connectivity index (χ0) is 16.0. The van der Waals surface area contributed by atoms with Crippen LogP contribution in [0.3, 0.4) is 0 Å². The molecule has 6 heteroatoms. The molecule has 0 heterocycles. The molecule has 0 spiro atoms. The van der Waals surface area contributed by atoms with Crippen LogP contribution in [0.1, 0.15) is 10.4 Å². The van der Waals surface area contributed by atoms with Gasteiger partial charge >= 0.3 is 0 Å². The van der Waals surface area contributed by atoms with Crippen LogP contribution in [0.5, 0.6) is 0 Å². The van der Waals surface area contributed by atoms with Crippen molar-refractivity contribution < 1.29 is 13.2 Å². The van der Waals surface area contributed by atoms with Crippen LogP contribution in [0.2, 0.25) is 0 Å². The van der Waals surface area contributed by atoms with Crippen LogP contribution in [0.15, 0.2) is 36.5 Å². The van der Waals surface area contributed by atoms with E-state index in [-0.39, 0.29) is 12.3 Å². The molecule has 0 atom stereocenters. The summed E-state index contributed by atoms with van der Waals surface area (Å²) in [6, 6.07) is 6.37. The minimum atomic E-state index is -3.50. The number of carbonyl (C=O) groups is 1. The standard InChI is InChI=1S/C15H18N2O3S/c1-5-10-17(21(4,19)20)14-8-6-7-13(12-14)15(18)9-11-16(2)3/h1,6-9,11-12H,10H2,2-4H3. The fourth-order valence-electron chi connectivity index (χ4n) is 1.61. The van der Waals surface area contributed by atoms with Gasteiger partial charge in [-0.25, -0.2) is 8.42 Å². The third-order valence-corrected chi connectivity index (χ3v) is 3.72. The Morgan fingerprint density at radius 2 is 2.05 bits per heavy atom. The molecule has 0 aliphatic heterocycles. The van der Waals surface area contributed by atoms with Gasteiger partial charge < -0.3 is 4.90 Å². The Bertz CT molecular complexity index is 685. The maximum atomic E-state index is 12.0. The molecule has 0 aliphatic carbocycles. The summed E-state index contributed by atoms with van der Waals surface area (Å²) in [5, 5.41) is 0. The van der Waals surface area contributed by atoms with Crippen LogP contribution < -0.4 is 4.31 Å². The van der Waals surface area contributed by atoms with Crippen molar-refractivity contribution in [3.8, 4) is 12.3 Å². The van der Waals surface area contributed by atoms with Gasteiger partial charge in [0.2, 0.25) is 10.0 Å². The molecule has 112 valence electrons. The number of carbonyl (C=O) groups excluding carboxylic acids is 1. The zero-order valence-electron chi connectivity index (χ0n) is 12.3. The average Bonchev–Trinajstić information content (AvgIpc) is 2.41. The first kappa shape index (κ1) is 16.8. The van der Waals surface area contributed by atoms with Crippen molar-refractivity contribution in [2.45, 2.75) is 0 Å². The van der Waals surface area contributed by atoms with Crippen LogP contribution in [-0.2, 0) is 10.0 Å². The summed E-state index contributed by atoms with van der Waals surface area (Å²) in [7, 11) is 0.113. The Morgan fingerprint density at radius 3 is 2.57 bits per heavy atom. The van der Waals surface area contributed by atoms with Crippen LogP contribution in [0.25, 0.3) is 0 Å². The van der Waals surface area contributed by atoms with Crippen molar-refractivity contribution >= 4 is 21.5 Å². The van der Waals surface area contributed by atoms with Crippen LogP contribution in [0, 0.1) is 12.3 Å². The SMILES string of the molecule is C#CCN(c1cccc(C(=O)C=CN(C)C)c1)S(C)(=O)=O. The van der Waals surface area contributed by atoms with Gasteiger partial charge in [0.25, 0.3) is 0 Å². The van der Waals surface area contributed by atoms with Gasteiger partial charge in [-0.1, -0.05) is 18.1 Å². The minimum absolute atomic E-state index is 0.0794. The lowest BCUT2D eigenvalue weighted by atomic mass is 10.1. The molecular formula is C15H18N2O3S. The van der Waals surface area contributed by atoms with Gasteiger partial charge in [-0.3, -0.25) is 9.10 Å². The Balaban J connectivity index is 3.15. The summed E-state index contributed by atoms with van der Waals surface area (Å²) in [6.45, 7) is -0.0794. The topological polar surface area (TPSA) is 57.7 Å². The van der Waals surface area contributed by atoms with Crippen molar-refractivity contribution in [3.63, 3.8) is 0 Å². The fraction of sp³-hybridized carbons (Fsp3) is 0.267. The quantitative estimate of drug-likeness (QED) is 0.452. The van der Waals surface area contributed by atoms with Crippen molar-refractivity contribution in [3.05, 3.63) is 42.1 Å². The molecule has 1 aromatic carbocycles. The Hall–Kier alpha value is -2.26. The van der Waals surface area contributed by atoms with Gasteiger partial charge in [0.15, 0.2) is 5.78 Å². The van der Waals surface area contributed by atoms with Crippen LogP contribution >= 0.6 is 0 Å². The van der Waals surface area contributed by atoms with E-state index >= 15 is 0 Å². The van der Waals surface area contributed by atoms with E-state index in [2.05, 4.69) is 5.92 Å². The summed E-state index contributed by atoms with van der Waals surface area (Å²) in [5.41, 5.74) is 0.774. The van der Waals surface area contributed by atoms with E-state index in [0.29, 0.717) is 11.3 Å². The molecule has 0 saturated heterocycles. The number of hydrogen-bond donors (Lipinski definition) is 0. The normalized spacial score (nSPS) is 11.1. The van der Waals surface area contributed by atoms with Crippen LogP contribution in [0.4, 0.5) is 5.69 Å². The fourth-order valence-corrected chi connectivity index (χ4v) is 2.42. The molecule has 0 fully saturated rings. The maximum Gasteiger partial charge on any atom is 0.233 e. The summed E-state index contributed by atoms with van der Waals surface area (Å²) in [4.78, 5) is 13.7. The molecule has 0 amide bonds. The molecular weight excluding hydrogens is 288 g/mol. The van der Waals surface area contributed by atoms with Gasteiger partial charge in [-0.2, -0.15) is 0 Å². The van der Waals surface area contributed by atoms with Crippen molar-refractivity contribution in [2.24, 2.45) is 0 Å². The van der Waals surface area contributed by atoms with Gasteiger partial charge in [-0.05, 0) is 12.1 Å². The highest BCUT2D eigenvalue weighted by Gasteiger charge is 2.17. The molecule has 0 saturated carbocycles. The second-order valence-corrected chi connectivity index (χ2v) is 6.57. The molecule has 0 aromatic heterocycles. The van der Waals surface area contributed by atoms with Gasteiger partial charge in [0.05, 0.1) is 18.5 Å². The molecule has 0 unspecified atom stereocenters. The highest BCUT2D eigenvalue weighted by molar-refractivity contribution is 7.92. The Kier molecular flexibility index (Phi) is 5.56. The Labute approximate surface area is 125 Å². The number of terminal acetylenes is 1. The van der Waals surface area contributed by atoms with E-state index in [9.17, 15) is 13.2 Å². The number of allylic oxidation sites excluding steroid dienone is 1. The first-order chi connectivity index (χ1) is 9.75. The van der Waals surface area contributed by atoms with Gasteiger partial charge in [-0.15, -0.1) is 6.42 Å². The van der Waals surface area contributed by atoms with E-state index in [0.717, 1.165) is 10.6 Å². The number of sulfonamides is 1. The molecule has 21 heavy (non-hydrogen) atoms. The summed E-state index contributed by atoms with van der Waals surface area (Å²) >= 11 is 0. The molecule has 0 N–H and O–H groups in total. The van der Waals surface area contributed by atoms with Gasteiger partial charge in [0.1, 0.15) is 0 Å². The first-order valence-corrected chi connectivity index (χ1v) is 8.00. The lowest BCUT2D eigenvalue weighted by Gasteiger charge is -2.20. The van der Waals surface area contributed by atoms with Gasteiger partial charge in [0, 0.05) is 31.9 Å². The lowest BCUT2D eigenvalue weighted by Crippen LogP contribution is -2.30. The number of ketones is 1. The molecule has 0 aliphatic rings. The highest BCUT2D eigenvalue weighted by atomic mass is 32.2. The van der Waals surface area contributed by atoms with Crippen LogP contribution in [-0.4, -0.2) is 46.0 Å². The molecule has 1 rings (SSSR count). The van der Waals surface area contributed by atoms with E-state index in [1.807, 2.05) is 0 Å². The maximum absolute atomic E-state index is 12.0. The average molecular weight is 306 g/mol. The predicted molar refractivity (Wildman–Crippen MR) is 84.6 cm³/mol. The lowest BCUT2D eigenvalue weighted by molar-refractivity contribution is 0.104. The number of rotatable bonds is 6. The summed E-state index contributed by atoms with van der Waals surface area (Å²) in [6.07, 6.45) is 9.33. The number of nitrogens with zero attached hydrogens (tertiary/aromatic N) is 2. The molecule has 1 aromatic rings. The van der Waals surface area contributed by atoms with Crippen molar-refractivity contribution in [2.75, 3.05) is 31.2 Å². The summed E-state index contributed by atoms with van der Waals surface area (Å²) < 4.78 is 24.6. The second-order valence-electron chi connectivity index (χ2n) is 4.67. The number of anilines is 1. The predicted octanol–water partition coefficient (Wildman–Crippen LogP) is 1.34. The van der Waals surface area contributed by atoms with E-state index in [1.165, 1.54) is 12.1 Å². The Morgan fingerprint density at radius 1 is 1.38 bits per heavy atom. The minimum Gasteiger partial charge on any atom is -0.383 e. The smallest absolute Gasteiger partial charge is 0.233 e. The first-order valence-electron chi connectivity index (χ1n) is 6.16. The highest BCUT2D eigenvalue weighted by Crippen LogP contribution is 2.19. The van der Waals surface area contributed by atoms with Crippen molar-refractivity contribution in [1.29, 1.82) is 0 Å².